The van der Waals surface area contributed by atoms with E-state index in [9.17, 15) is 0 Å². The van der Waals surface area contributed by atoms with E-state index in [-0.39, 0.29) is 5.60 Å². The van der Waals surface area contributed by atoms with Crippen molar-refractivity contribution in [2.24, 2.45) is 0 Å². The molecule has 1 aromatic carbocycles. The third-order valence-electron chi connectivity index (χ3n) is 1.85. The summed E-state index contributed by atoms with van der Waals surface area (Å²) in [6, 6.07) is 10.1. The van der Waals surface area contributed by atoms with Crippen molar-refractivity contribution < 1.29 is 4.74 Å². The summed E-state index contributed by atoms with van der Waals surface area (Å²) >= 11 is 0. The third-order valence-corrected chi connectivity index (χ3v) is 1.85. The zero-order chi connectivity index (χ0) is 9.03. The summed E-state index contributed by atoms with van der Waals surface area (Å²) in [6.45, 7) is 7.58. The van der Waals surface area contributed by atoms with Crippen LogP contribution in [0.15, 0.2) is 43.2 Å². The average Bonchev–Trinajstić information content (AvgIpc) is 2.06. The number of rotatable bonds is 3. The number of hydrogen-bond acceptors (Lipinski definition) is 1. The molecule has 0 saturated carbocycles. The van der Waals surface area contributed by atoms with Crippen LogP contribution in [-0.2, 0) is 10.3 Å². The zero-order valence-corrected chi connectivity index (χ0v) is 7.58. The molecule has 12 heavy (non-hydrogen) atoms. The minimum atomic E-state index is -0.275. The van der Waals surface area contributed by atoms with Crippen molar-refractivity contribution >= 4 is 0 Å². The fourth-order valence-electron chi connectivity index (χ4n) is 1.12. The Morgan fingerprint density at radius 1 is 1.25 bits per heavy atom. The van der Waals surface area contributed by atoms with Crippen LogP contribution in [0.1, 0.15) is 19.4 Å². The van der Waals surface area contributed by atoms with Crippen LogP contribution in [0.4, 0.5) is 0 Å². The van der Waals surface area contributed by atoms with Crippen molar-refractivity contribution in [2.75, 3.05) is 0 Å². The van der Waals surface area contributed by atoms with E-state index in [1.54, 1.807) is 0 Å². The SMILES string of the molecule is C=COC(C)(C)c1ccccc1. The van der Waals surface area contributed by atoms with E-state index in [0.29, 0.717) is 0 Å². The molecular formula is C11H14O. The summed E-state index contributed by atoms with van der Waals surface area (Å²) in [6.07, 6.45) is 1.48. The summed E-state index contributed by atoms with van der Waals surface area (Å²) in [5, 5.41) is 0. The molecular weight excluding hydrogens is 148 g/mol. The van der Waals surface area contributed by atoms with Crippen LogP contribution in [0, 0.1) is 0 Å². The van der Waals surface area contributed by atoms with Gasteiger partial charge in [-0.05, 0) is 19.4 Å². The van der Waals surface area contributed by atoms with E-state index in [1.807, 2.05) is 44.2 Å². The molecule has 0 heterocycles. The Morgan fingerprint density at radius 2 is 1.83 bits per heavy atom. The van der Waals surface area contributed by atoms with Crippen molar-refractivity contribution in [3.8, 4) is 0 Å². The molecule has 0 spiro atoms. The predicted octanol–water partition coefficient (Wildman–Crippen LogP) is 3.08. The quantitative estimate of drug-likeness (QED) is 0.620. The Hall–Kier alpha value is -1.24. The third kappa shape index (κ3) is 1.88. The first-order valence-electron chi connectivity index (χ1n) is 4.01. The van der Waals surface area contributed by atoms with Crippen molar-refractivity contribution in [3.05, 3.63) is 48.7 Å². The molecule has 0 aliphatic heterocycles. The van der Waals surface area contributed by atoms with Gasteiger partial charge in [0.15, 0.2) is 0 Å². The minimum Gasteiger partial charge on any atom is -0.491 e. The number of hydrogen-bond donors (Lipinski definition) is 0. The lowest BCUT2D eigenvalue weighted by Crippen LogP contribution is -2.18. The molecule has 1 rings (SSSR count). The first-order chi connectivity index (χ1) is 5.67. The van der Waals surface area contributed by atoms with Crippen molar-refractivity contribution in [1.82, 2.24) is 0 Å². The van der Waals surface area contributed by atoms with E-state index in [0.717, 1.165) is 5.56 Å². The fraction of sp³-hybridized carbons (Fsp3) is 0.273. The maximum absolute atomic E-state index is 5.38. The Labute approximate surface area is 73.7 Å². The normalized spacial score (nSPS) is 10.8. The van der Waals surface area contributed by atoms with E-state index >= 15 is 0 Å². The molecule has 0 saturated heterocycles. The van der Waals surface area contributed by atoms with Gasteiger partial charge in [0.25, 0.3) is 0 Å². The van der Waals surface area contributed by atoms with Gasteiger partial charge in [-0.15, -0.1) is 0 Å². The van der Waals surface area contributed by atoms with Gasteiger partial charge in [-0.1, -0.05) is 36.9 Å². The van der Waals surface area contributed by atoms with E-state index in [2.05, 4.69) is 6.58 Å². The lowest BCUT2D eigenvalue weighted by Gasteiger charge is -2.24. The molecule has 0 amide bonds. The maximum Gasteiger partial charge on any atom is 0.127 e. The highest BCUT2D eigenvalue weighted by atomic mass is 16.5. The van der Waals surface area contributed by atoms with Crippen molar-refractivity contribution in [3.63, 3.8) is 0 Å². The Balaban J connectivity index is 2.89. The van der Waals surface area contributed by atoms with Crippen LogP contribution in [0.2, 0.25) is 0 Å². The molecule has 0 N–H and O–H groups in total. The lowest BCUT2D eigenvalue weighted by molar-refractivity contribution is 0.0560. The van der Waals surface area contributed by atoms with Gasteiger partial charge in [0, 0.05) is 0 Å². The van der Waals surface area contributed by atoms with Crippen LogP contribution in [0.5, 0.6) is 0 Å². The zero-order valence-electron chi connectivity index (χ0n) is 7.58. The number of ether oxygens (including phenoxy) is 1. The van der Waals surface area contributed by atoms with Crippen LogP contribution >= 0.6 is 0 Å². The van der Waals surface area contributed by atoms with Crippen LogP contribution < -0.4 is 0 Å². The molecule has 0 bridgehead atoms. The molecule has 1 nitrogen and oxygen atoms in total. The van der Waals surface area contributed by atoms with Crippen molar-refractivity contribution in [2.45, 2.75) is 19.4 Å². The second-order valence-electron chi connectivity index (χ2n) is 3.16. The van der Waals surface area contributed by atoms with Gasteiger partial charge < -0.3 is 4.74 Å². The molecule has 64 valence electrons. The average molecular weight is 162 g/mol. The molecule has 0 aromatic heterocycles. The molecule has 0 atom stereocenters. The molecule has 0 radical (unpaired) electrons. The predicted molar refractivity (Wildman–Crippen MR) is 50.8 cm³/mol. The highest BCUT2D eigenvalue weighted by Crippen LogP contribution is 2.23. The van der Waals surface area contributed by atoms with Crippen molar-refractivity contribution in [1.29, 1.82) is 0 Å². The highest BCUT2D eigenvalue weighted by molar-refractivity contribution is 5.20. The van der Waals surface area contributed by atoms with Crippen LogP contribution in [0.3, 0.4) is 0 Å². The molecule has 0 fully saturated rings. The van der Waals surface area contributed by atoms with Gasteiger partial charge in [-0.2, -0.15) is 0 Å². The van der Waals surface area contributed by atoms with Gasteiger partial charge >= 0.3 is 0 Å². The Morgan fingerprint density at radius 3 is 2.33 bits per heavy atom. The molecule has 0 unspecified atom stereocenters. The smallest absolute Gasteiger partial charge is 0.127 e. The Bertz CT molecular complexity index is 249. The number of benzene rings is 1. The van der Waals surface area contributed by atoms with E-state index in [1.165, 1.54) is 6.26 Å². The fourth-order valence-corrected chi connectivity index (χ4v) is 1.12. The lowest BCUT2D eigenvalue weighted by atomic mass is 9.98. The monoisotopic (exact) mass is 162 g/mol. The van der Waals surface area contributed by atoms with Gasteiger partial charge in [-0.3, -0.25) is 0 Å². The van der Waals surface area contributed by atoms with E-state index < -0.39 is 0 Å². The summed E-state index contributed by atoms with van der Waals surface area (Å²) in [7, 11) is 0. The van der Waals surface area contributed by atoms with Gasteiger partial charge in [0.05, 0.1) is 6.26 Å². The summed E-state index contributed by atoms with van der Waals surface area (Å²) < 4.78 is 5.38. The van der Waals surface area contributed by atoms with Gasteiger partial charge in [0.1, 0.15) is 5.60 Å². The largest absolute Gasteiger partial charge is 0.491 e. The maximum atomic E-state index is 5.38. The van der Waals surface area contributed by atoms with Crippen LogP contribution in [0.25, 0.3) is 0 Å². The summed E-state index contributed by atoms with van der Waals surface area (Å²) in [4.78, 5) is 0. The second-order valence-corrected chi connectivity index (χ2v) is 3.16. The standard InChI is InChI=1S/C11H14O/c1-4-12-11(2,3)10-8-6-5-7-9-10/h4-9H,1H2,2-3H3. The van der Waals surface area contributed by atoms with Crippen LogP contribution in [-0.4, -0.2) is 0 Å². The highest BCUT2D eigenvalue weighted by Gasteiger charge is 2.19. The summed E-state index contributed by atoms with van der Waals surface area (Å²) in [5.74, 6) is 0. The minimum absolute atomic E-state index is 0.275. The first kappa shape index (κ1) is 8.85. The molecule has 1 aromatic rings. The topological polar surface area (TPSA) is 9.23 Å². The second kappa shape index (κ2) is 3.44. The summed E-state index contributed by atoms with van der Waals surface area (Å²) in [5.41, 5.74) is 0.883. The van der Waals surface area contributed by atoms with Gasteiger partial charge in [0.2, 0.25) is 0 Å². The molecule has 0 aliphatic rings. The van der Waals surface area contributed by atoms with Gasteiger partial charge in [-0.25, -0.2) is 0 Å². The van der Waals surface area contributed by atoms with E-state index in [4.69, 9.17) is 4.74 Å². The first-order valence-corrected chi connectivity index (χ1v) is 4.01. The molecule has 0 aliphatic carbocycles. The molecule has 1 heteroatoms. The Kier molecular flexibility index (Phi) is 2.54.